The normalized spacial score (nSPS) is 12.2. The molecule has 0 aliphatic carbocycles. The van der Waals surface area contributed by atoms with E-state index in [1.807, 2.05) is 55.5 Å². The lowest BCUT2D eigenvalue weighted by Crippen LogP contribution is -2.40. The lowest BCUT2D eigenvalue weighted by molar-refractivity contribution is -0.131. The van der Waals surface area contributed by atoms with Crippen LogP contribution in [0.4, 0.5) is 0 Å². The molecule has 0 bridgehead atoms. The van der Waals surface area contributed by atoms with E-state index in [1.54, 1.807) is 7.05 Å². The molecule has 0 aliphatic rings. The smallest absolute Gasteiger partial charge is 0.246 e. The molecule has 0 saturated heterocycles. The molecule has 1 heterocycles. The number of carbonyl (C=O) groups is 1. The minimum absolute atomic E-state index is 0.0450. The van der Waals surface area contributed by atoms with Crippen molar-refractivity contribution >= 4 is 15.9 Å². The molecule has 0 fully saturated rings. The maximum Gasteiger partial charge on any atom is 0.246 e. The Hall–Kier alpha value is -3.04. The van der Waals surface area contributed by atoms with Crippen LogP contribution in [0, 0.1) is 6.92 Å². The molecule has 8 nitrogen and oxygen atoms in total. The summed E-state index contributed by atoms with van der Waals surface area (Å²) >= 11 is 0. The van der Waals surface area contributed by atoms with Gasteiger partial charge in [-0.3, -0.25) is 4.79 Å². The van der Waals surface area contributed by atoms with Gasteiger partial charge in [-0.2, -0.15) is 9.29 Å². The summed E-state index contributed by atoms with van der Waals surface area (Å²) < 4.78 is 31.0. The molecule has 9 heteroatoms. The number of rotatable bonds is 8. The van der Waals surface area contributed by atoms with E-state index in [9.17, 15) is 13.2 Å². The Morgan fingerprint density at radius 3 is 2.18 bits per heavy atom. The zero-order valence-electron chi connectivity index (χ0n) is 20.6. The van der Waals surface area contributed by atoms with Crippen LogP contribution in [-0.2, 0) is 33.3 Å². The van der Waals surface area contributed by atoms with E-state index in [4.69, 9.17) is 4.52 Å². The van der Waals surface area contributed by atoms with Gasteiger partial charge in [-0.05, 0) is 23.5 Å². The Labute approximate surface area is 201 Å². The van der Waals surface area contributed by atoms with Gasteiger partial charge in [0.25, 0.3) is 0 Å². The molecule has 0 radical (unpaired) electrons. The largest absolute Gasteiger partial charge is 0.337 e. The van der Waals surface area contributed by atoms with Crippen molar-refractivity contribution < 1.29 is 17.7 Å². The molecule has 1 amide bonds. The number of benzene rings is 2. The molecule has 0 aliphatic heterocycles. The predicted molar refractivity (Wildman–Crippen MR) is 131 cm³/mol. The van der Waals surface area contributed by atoms with E-state index in [1.165, 1.54) is 10.5 Å². The molecule has 34 heavy (non-hydrogen) atoms. The molecular weight excluding hydrogens is 452 g/mol. The highest BCUT2D eigenvalue weighted by Crippen LogP contribution is 2.25. The first kappa shape index (κ1) is 25.6. The summed E-state index contributed by atoms with van der Waals surface area (Å²) in [6.45, 7) is 8.31. The van der Waals surface area contributed by atoms with Crippen molar-refractivity contribution in [3.8, 4) is 11.4 Å². The minimum atomic E-state index is -3.59. The molecule has 2 aromatic carbocycles. The lowest BCUT2D eigenvalue weighted by Gasteiger charge is -2.23. The van der Waals surface area contributed by atoms with Gasteiger partial charge < -0.3 is 9.42 Å². The fourth-order valence-electron chi connectivity index (χ4n) is 3.31. The van der Waals surface area contributed by atoms with Crippen LogP contribution in [0.5, 0.6) is 0 Å². The van der Waals surface area contributed by atoms with Crippen molar-refractivity contribution in [2.45, 2.75) is 46.2 Å². The van der Waals surface area contributed by atoms with E-state index in [0.29, 0.717) is 5.82 Å². The molecule has 0 saturated carbocycles. The molecule has 0 spiro atoms. The second-order valence-electron chi connectivity index (χ2n) is 9.61. The molecule has 3 rings (SSSR count). The molecular formula is C25H32N4O4S. The van der Waals surface area contributed by atoms with Gasteiger partial charge >= 0.3 is 0 Å². The lowest BCUT2D eigenvalue weighted by atomic mass is 9.87. The first-order chi connectivity index (χ1) is 15.8. The van der Waals surface area contributed by atoms with Gasteiger partial charge in [0.05, 0.1) is 19.3 Å². The van der Waals surface area contributed by atoms with Gasteiger partial charge in [0.15, 0.2) is 0 Å². The number of amides is 1. The second-order valence-corrected chi connectivity index (χ2v) is 11.6. The first-order valence-corrected chi connectivity index (χ1v) is 12.9. The van der Waals surface area contributed by atoms with Crippen LogP contribution in [0.1, 0.15) is 43.4 Å². The number of hydrogen-bond acceptors (Lipinski definition) is 6. The van der Waals surface area contributed by atoms with Gasteiger partial charge in [-0.15, -0.1) is 0 Å². The molecule has 0 unspecified atom stereocenters. The SMILES string of the molecule is Cc1ccc(CN(CC(=O)N(C)Cc2nc(-c3ccc(C(C)(C)C)cc3)no2)S(C)(=O)=O)cc1. The number of sulfonamides is 1. The van der Waals surface area contributed by atoms with Gasteiger partial charge in [0, 0.05) is 19.2 Å². The van der Waals surface area contributed by atoms with E-state index in [0.717, 1.165) is 27.3 Å². The Bertz CT molecular complexity index is 1230. The average Bonchev–Trinajstić information content (AvgIpc) is 3.22. The van der Waals surface area contributed by atoms with Crippen LogP contribution in [0.2, 0.25) is 0 Å². The summed E-state index contributed by atoms with van der Waals surface area (Å²) in [7, 11) is -2.01. The summed E-state index contributed by atoms with van der Waals surface area (Å²) in [5.41, 5.74) is 3.95. The zero-order valence-corrected chi connectivity index (χ0v) is 21.4. The minimum Gasteiger partial charge on any atom is -0.337 e. The standard InChI is InChI=1S/C25H32N4O4S/c1-18-7-9-19(10-8-18)15-29(34(6,31)32)17-23(30)28(5)16-22-26-24(27-33-22)20-11-13-21(14-12-20)25(2,3)4/h7-14H,15-17H2,1-6H3. The highest BCUT2D eigenvalue weighted by Gasteiger charge is 2.24. The molecule has 182 valence electrons. The van der Waals surface area contributed by atoms with Crippen LogP contribution in [0.3, 0.4) is 0 Å². The fourth-order valence-corrected chi connectivity index (χ4v) is 4.03. The summed E-state index contributed by atoms with van der Waals surface area (Å²) in [5.74, 6) is 0.343. The molecule has 0 N–H and O–H groups in total. The van der Waals surface area contributed by atoms with Crippen molar-refractivity contribution in [2.75, 3.05) is 19.8 Å². The molecule has 1 aromatic heterocycles. The third kappa shape index (κ3) is 6.74. The van der Waals surface area contributed by atoms with E-state index in [-0.39, 0.29) is 36.8 Å². The number of aryl methyl sites for hydroxylation is 1. The summed E-state index contributed by atoms with van der Waals surface area (Å²) in [6.07, 6.45) is 1.10. The average molecular weight is 485 g/mol. The van der Waals surface area contributed by atoms with Crippen molar-refractivity contribution in [3.05, 3.63) is 71.1 Å². The van der Waals surface area contributed by atoms with Gasteiger partial charge in [-0.25, -0.2) is 8.42 Å². The molecule has 3 aromatic rings. The number of aromatic nitrogens is 2. The van der Waals surface area contributed by atoms with Gasteiger partial charge in [-0.1, -0.05) is 80.0 Å². The summed E-state index contributed by atoms with van der Waals surface area (Å²) in [6, 6.07) is 15.5. The third-order valence-electron chi connectivity index (χ3n) is 5.54. The van der Waals surface area contributed by atoms with Crippen LogP contribution in [-0.4, -0.2) is 53.5 Å². The van der Waals surface area contributed by atoms with Crippen LogP contribution < -0.4 is 0 Å². The van der Waals surface area contributed by atoms with Gasteiger partial charge in [0.2, 0.25) is 27.6 Å². The van der Waals surface area contributed by atoms with E-state index >= 15 is 0 Å². The quantitative estimate of drug-likeness (QED) is 0.483. The molecule has 0 atom stereocenters. The highest BCUT2D eigenvalue weighted by molar-refractivity contribution is 7.88. The Morgan fingerprint density at radius 2 is 1.62 bits per heavy atom. The maximum atomic E-state index is 12.8. The topological polar surface area (TPSA) is 96.6 Å². The van der Waals surface area contributed by atoms with Gasteiger partial charge in [0.1, 0.15) is 0 Å². The fraction of sp³-hybridized carbons (Fsp3) is 0.400. The number of carbonyl (C=O) groups excluding carboxylic acids is 1. The van der Waals surface area contributed by atoms with Crippen molar-refractivity contribution in [3.63, 3.8) is 0 Å². The van der Waals surface area contributed by atoms with Crippen molar-refractivity contribution in [1.82, 2.24) is 19.3 Å². The Morgan fingerprint density at radius 1 is 1.00 bits per heavy atom. The van der Waals surface area contributed by atoms with Crippen LogP contribution in [0.15, 0.2) is 53.1 Å². The van der Waals surface area contributed by atoms with E-state index < -0.39 is 10.0 Å². The van der Waals surface area contributed by atoms with Crippen LogP contribution >= 0.6 is 0 Å². The van der Waals surface area contributed by atoms with Crippen molar-refractivity contribution in [2.24, 2.45) is 0 Å². The monoisotopic (exact) mass is 484 g/mol. The van der Waals surface area contributed by atoms with Crippen LogP contribution in [0.25, 0.3) is 11.4 Å². The summed E-state index contributed by atoms with van der Waals surface area (Å²) in [5, 5.41) is 4.02. The number of hydrogen-bond donors (Lipinski definition) is 0. The Kier molecular flexibility index (Phi) is 7.57. The number of nitrogens with zero attached hydrogens (tertiary/aromatic N) is 4. The number of likely N-dealkylation sites (N-methyl/N-ethyl adjacent to an activating group) is 1. The Balaban J connectivity index is 1.65. The van der Waals surface area contributed by atoms with Crippen molar-refractivity contribution in [1.29, 1.82) is 0 Å². The second kappa shape index (κ2) is 10.1. The third-order valence-corrected chi connectivity index (χ3v) is 6.73. The summed E-state index contributed by atoms with van der Waals surface area (Å²) in [4.78, 5) is 18.6. The highest BCUT2D eigenvalue weighted by atomic mass is 32.2. The first-order valence-electron chi connectivity index (χ1n) is 11.0. The zero-order chi connectivity index (χ0) is 25.1. The maximum absolute atomic E-state index is 12.8. The predicted octanol–water partition coefficient (Wildman–Crippen LogP) is 3.76. The van der Waals surface area contributed by atoms with E-state index in [2.05, 4.69) is 30.9 Å².